The molecule has 0 aliphatic rings. The van der Waals surface area contributed by atoms with E-state index in [1.54, 1.807) is 13.0 Å². The van der Waals surface area contributed by atoms with Gasteiger partial charge in [-0.1, -0.05) is 19.9 Å². The van der Waals surface area contributed by atoms with Crippen LogP contribution in [0.4, 0.5) is 0 Å². The van der Waals surface area contributed by atoms with Gasteiger partial charge in [0.25, 0.3) is 0 Å². The summed E-state index contributed by atoms with van der Waals surface area (Å²) in [6, 6.07) is 0. The summed E-state index contributed by atoms with van der Waals surface area (Å²) in [6.07, 6.45) is 3.98. The van der Waals surface area contributed by atoms with Crippen LogP contribution in [0, 0.1) is 5.92 Å². The van der Waals surface area contributed by atoms with Gasteiger partial charge in [0.05, 0.1) is 6.26 Å². The van der Waals surface area contributed by atoms with Crippen molar-refractivity contribution in [3.05, 3.63) is 12.3 Å². The maximum Gasteiger partial charge on any atom is 0.336 e. The molecule has 0 saturated heterocycles. The van der Waals surface area contributed by atoms with Crippen LogP contribution >= 0.6 is 0 Å². The minimum Gasteiger partial charge on any atom is -0.433 e. The first-order valence-electron chi connectivity index (χ1n) is 4.55. The first-order valence-corrected chi connectivity index (χ1v) is 4.55. The first-order chi connectivity index (χ1) is 6.16. The maximum atomic E-state index is 10.8. The highest BCUT2D eigenvalue weighted by Gasteiger charge is 2.00. The van der Waals surface area contributed by atoms with Gasteiger partial charge >= 0.3 is 5.97 Å². The van der Waals surface area contributed by atoms with E-state index < -0.39 is 0 Å². The Morgan fingerprint density at radius 3 is 2.69 bits per heavy atom. The van der Waals surface area contributed by atoms with Gasteiger partial charge in [0.1, 0.15) is 6.61 Å². The largest absolute Gasteiger partial charge is 0.433 e. The van der Waals surface area contributed by atoms with E-state index in [4.69, 9.17) is 4.74 Å². The quantitative estimate of drug-likeness (QED) is 0.362. The minimum atomic E-state index is -0.346. The second-order valence-corrected chi connectivity index (χ2v) is 3.19. The Balaban J connectivity index is 3.27. The van der Waals surface area contributed by atoms with Gasteiger partial charge < -0.3 is 9.47 Å². The Bertz CT molecular complexity index is 162. The summed E-state index contributed by atoms with van der Waals surface area (Å²) >= 11 is 0. The van der Waals surface area contributed by atoms with Crippen molar-refractivity contribution in [1.29, 1.82) is 0 Å². The van der Waals surface area contributed by atoms with Gasteiger partial charge in [-0.15, -0.1) is 0 Å². The molecule has 0 amide bonds. The van der Waals surface area contributed by atoms with Crippen LogP contribution in [0.5, 0.6) is 0 Å². The Morgan fingerprint density at radius 2 is 2.15 bits per heavy atom. The summed E-state index contributed by atoms with van der Waals surface area (Å²) in [5.74, 6) is 0.258. The summed E-state index contributed by atoms with van der Waals surface area (Å²) in [6.45, 7) is 6.66. The first kappa shape index (κ1) is 12.2. The molecule has 0 aromatic carbocycles. The molecule has 0 N–H and O–H groups in total. The number of hydrogen-bond donors (Lipinski definition) is 0. The average molecular weight is 186 g/mol. The normalized spacial score (nSPS) is 11.1. The number of allylic oxidation sites excluding steroid dienone is 1. The molecule has 0 aromatic heterocycles. The van der Waals surface area contributed by atoms with Gasteiger partial charge in [-0.3, -0.25) is 0 Å². The van der Waals surface area contributed by atoms with Crippen LogP contribution in [0.3, 0.4) is 0 Å². The third-order valence-corrected chi connectivity index (χ3v) is 1.40. The van der Waals surface area contributed by atoms with Crippen LogP contribution in [0.1, 0.15) is 27.2 Å². The Hall–Kier alpha value is -0.830. The van der Waals surface area contributed by atoms with Crippen molar-refractivity contribution in [3.8, 4) is 0 Å². The molecule has 0 aliphatic heterocycles. The molecule has 13 heavy (non-hydrogen) atoms. The maximum absolute atomic E-state index is 10.8. The molecule has 76 valence electrons. The number of carbonyl (C=O) groups excluding carboxylic acids is 1. The van der Waals surface area contributed by atoms with Gasteiger partial charge in [-0.05, 0) is 19.3 Å². The van der Waals surface area contributed by atoms with E-state index in [9.17, 15) is 4.79 Å². The lowest BCUT2D eigenvalue weighted by molar-refractivity contribution is -0.143. The van der Waals surface area contributed by atoms with E-state index in [2.05, 4.69) is 18.6 Å². The lowest BCUT2D eigenvalue weighted by Gasteiger charge is -2.04. The molecule has 0 radical (unpaired) electrons. The molecule has 0 bridgehead atoms. The van der Waals surface area contributed by atoms with E-state index in [0.717, 1.165) is 6.42 Å². The molecule has 0 spiro atoms. The Morgan fingerprint density at radius 1 is 1.46 bits per heavy atom. The van der Waals surface area contributed by atoms with Gasteiger partial charge in [0.2, 0.25) is 0 Å². The molecule has 0 saturated carbocycles. The fraction of sp³-hybridized carbons (Fsp3) is 0.700. The van der Waals surface area contributed by atoms with Gasteiger partial charge in [0.15, 0.2) is 0 Å². The number of ether oxygens (including phenoxy) is 2. The number of esters is 1. The van der Waals surface area contributed by atoms with Crippen LogP contribution in [0.15, 0.2) is 12.3 Å². The molecule has 0 unspecified atom stereocenters. The fourth-order valence-electron chi connectivity index (χ4n) is 0.652. The van der Waals surface area contributed by atoms with E-state index in [1.807, 2.05) is 0 Å². The van der Waals surface area contributed by atoms with E-state index >= 15 is 0 Å². The lowest BCUT2D eigenvalue weighted by atomic mass is 10.1. The molecule has 3 heteroatoms. The van der Waals surface area contributed by atoms with Crippen molar-refractivity contribution < 1.29 is 14.3 Å². The SMILES string of the molecule is CC=COC(=O)COCCC(C)C. The molecule has 0 atom stereocenters. The van der Waals surface area contributed by atoms with Crippen LogP contribution in [-0.4, -0.2) is 19.2 Å². The van der Waals surface area contributed by atoms with Crippen molar-refractivity contribution in [2.24, 2.45) is 5.92 Å². The zero-order chi connectivity index (χ0) is 10.1. The second kappa shape index (κ2) is 7.80. The Labute approximate surface area is 79.7 Å². The van der Waals surface area contributed by atoms with Crippen molar-refractivity contribution in [2.45, 2.75) is 27.2 Å². The summed E-state index contributed by atoms with van der Waals surface area (Å²) in [5, 5.41) is 0. The van der Waals surface area contributed by atoms with Gasteiger partial charge in [-0.25, -0.2) is 4.79 Å². The minimum absolute atomic E-state index is 0.0388. The number of rotatable bonds is 6. The molecular weight excluding hydrogens is 168 g/mol. The molecular formula is C10H18O3. The summed E-state index contributed by atoms with van der Waals surface area (Å²) < 4.78 is 9.75. The molecule has 0 aromatic rings. The smallest absolute Gasteiger partial charge is 0.336 e. The van der Waals surface area contributed by atoms with E-state index in [0.29, 0.717) is 12.5 Å². The molecule has 3 nitrogen and oxygen atoms in total. The highest BCUT2D eigenvalue weighted by atomic mass is 16.6. The number of carbonyl (C=O) groups is 1. The second-order valence-electron chi connectivity index (χ2n) is 3.19. The van der Waals surface area contributed by atoms with Gasteiger partial charge in [-0.2, -0.15) is 0 Å². The van der Waals surface area contributed by atoms with E-state index in [-0.39, 0.29) is 12.6 Å². The zero-order valence-corrected chi connectivity index (χ0v) is 8.58. The van der Waals surface area contributed by atoms with Crippen LogP contribution in [0.25, 0.3) is 0 Å². The van der Waals surface area contributed by atoms with Crippen molar-refractivity contribution in [3.63, 3.8) is 0 Å². The fourth-order valence-corrected chi connectivity index (χ4v) is 0.652. The zero-order valence-electron chi connectivity index (χ0n) is 8.58. The summed E-state index contributed by atoms with van der Waals surface area (Å²) in [7, 11) is 0. The third kappa shape index (κ3) is 9.08. The lowest BCUT2D eigenvalue weighted by Crippen LogP contribution is -2.11. The predicted octanol–water partition coefficient (Wildman–Crippen LogP) is 2.13. The number of hydrogen-bond acceptors (Lipinski definition) is 3. The highest BCUT2D eigenvalue weighted by Crippen LogP contribution is 1.98. The molecule has 0 rings (SSSR count). The summed E-state index contributed by atoms with van der Waals surface area (Å²) in [5.41, 5.74) is 0. The van der Waals surface area contributed by atoms with Crippen molar-refractivity contribution in [2.75, 3.05) is 13.2 Å². The summed E-state index contributed by atoms with van der Waals surface area (Å²) in [4.78, 5) is 10.8. The van der Waals surface area contributed by atoms with Crippen molar-refractivity contribution in [1.82, 2.24) is 0 Å². The van der Waals surface area contributed by atoms with Gasteiger partial charge in [0, 0.05) is 6.61 Å². The molecule has 0 fully saturated rings. The molecule has 0 heterocycles. The highest BCUT2D eigenvalue weighted by molar-refractivity contribution is 5.71. The standard InChI is InChI=1S/C10H18O3/c1-4-6-13-10(11)8-12-7-5-9(2)3/h4,6,9H,5,7-8H2,1-3H3. The Kier molecular flexibility index (Phi) is 7.30. The van der Waals surface area contributed by atoms with Crippen molar-refractivity contribution >= 4 is 5.97 Å². The van der Waals surface area contributed by atoms with Crippen LogP contribution in [0.2, 0.25) is 0 Å². The average Bonchev–Trinajstić information content (AvgIpc) is 2.08. The molecule has 0 aliphatic carbocycles. The predicted molar refractivity (Wildman–Crippen MR) is 51.2 cm³/mol. The van der Waals surface area contributed by atoms with E-state index in [1.165, 1.54) is 6.26 Å². The van der Waals surface area contributed by atoms with Crippen LogP contribution < -0.4 is 0 Å². The van der Waals surface area contributed by atoms with Crippen LogP contribution in [-0.2, 0) is 14.3 Å². The monoisotopic (exact) mass is 186 g/mol. The topological polar surface area (TPSA) is 35.5 Å². The third-order valence-electron chi connectivity index (χ3n) is 1.40.